The van der Waals surface area contributed by atoms with E-state index < -0.39 is 6.10 Å². The number of unbranched alkanes of at least 4 members (excludes halogenated alkanes) is 31. The first-order chi connectivity index (χ1) is 31.5. The second-order valence-electron chi connectivity index (χ2n) is 18.5. The minimum Gasteiger partial charge on any atom is -0.462 e. The molecule has 372 valence electrons. The van der Waals surface area contributed by atoms with Gasteiger partial charge in [0.25, 0.3) is 0 Å². The average molecular weight is 897 g/mol. The molecule has 0 bridgehead atoms. The predicted octanol–water partition coefficient (Wildman–Crippen LogP) is 18.3. The smallest absolute Gasteiger partial charge is 0.306 e. The monoisotopic (exact) mass is 897 g/mol. The summed E-state index contributed by atoms with van der Waals surface area (Å²) < 4.78 is 16.7. The molecule has 0 spiro atoms. The van der Waals surface area contributed by atoms with E-state index in [1.54, 1.807) is 0 Å². The van der Waals surface area contributed by atoms with E-state index in [0.29, 0.717) is 19.3 Å². The molecule has 0 amide bonds. The topological polar surface area (TPSA) is 78.9 Å². The molecule has 64 heavy (non-hydrogen) atoms. The van der Waals surface area contributed by atoms with Gasteiger partial charge in [-0.3, -0.25) is 14.4 Å². The van der Waals surface area contributed by atoms with E-state index in [0.717, 1.165) is 96.3 Å². The van der Waals surface area contributed by atoms with Crippen molar-refractivity contribution in [3.05, 3.63) is 48.6 Å². The van der Waals surface area contributed by atoms with Crippen molar-refractivity contribution in [3.8, 4) is 0 Å². The van der Waals surface area contributed by atoms with E-state index in [1.165, 1.54) is 148 Å². The largest absolute Gasteiger partial charge is 0.462 e. The highest BCUT2D eigenvalue weighted by Crippen LogP contribution is 2.16. The molecule has 0 aromatic carbocycles. The van der Waals surface area contributed by atoms with Crippen molar-refractivity contribution in [2.24, 2.45) is 0 Å². The maximum absolute atomic E-state index is 12.8. The predicted molar refractivity (Wildman–Crippen MR) is 275 cm³/mol. The van der Waals surface area contributed by atoms with Gasteiger partial charge in [0.2, 0.25) is 0 Å². The third-order valence-corrected chi connectivity index (χ3v) is 12.1. The van der Waals surface area contributed by atoms with Crippen LogP contribution in [0.3, 0.4) is 0 Å². The van der Waals surface area contributed by atoms with Gasteiger partial charge in [-0.05, 0) is 57.8 Å². The fourth-order valence-corrected chi connectivity index (χ4v) is 7.96. The van der Waals surface area contributed by atoms with E-state index in [9.17, 15) is 14.4 Å². The Morgan fingerprint density at radius 1 is 0.328 bits per heavy atom. The van der Waals surface area contributed by atoms with Crippen LogP contribution in [0.25, 0.3) is 0 Å². The number of rotatable bonds is 50. The molecule has 0 aliphatic rings. The minimum atomic E-state index is -0.770. The number of ether oxygens (including phenoxy) is 3. The Bertz CT molecular complexity index is 1120. The van der Waals surface area contributed by atoms with Gasteiger partial charge in [-0.25, -0.2) is 0 Å². The van der Waals surface area contributed by atoms with Crippen LogP contribution in [0, 0.1) is 0 Å². The van der Waals surface area contributed by atoms with Crippen LogP contribution in [-0.4, -0.2) is 37.2 Å². The van der Waals surface area contributed by atoms with E-state index in [2.05, 4.69) is 69.4 Å². The van der Waals surface area contributed by atoms with Gasteiger partial charge in [0, 0.05) is 19.3 Å². The van der Waals surface area contributed by atoms with Crippen LogP contribution in [0.4, 0.5) is 0 Å². The van der Waals surface area contributed by atoms with Crippen LogP contribution in [0.1, 0.15) is 284 Å². The first-order valence-electron chi connectivity index (χ1n) is 27.6. The van der Waals surface area contributed by atoms with Gasteiger partial charge in [-0.1, -0.05) is 256 Å². The molecule has 0 N–H and O–H groups in total. The number of hydrogen-bond acceptors (Lipinski definition) is 6. The molecule has 0 aliphatic heterocycles. The Hall–Kier alpha value is -2.63. The summed E-state index contributed by atoms with van der Waals surface area (Å²) in [6, 6.07) is 0. The van der Waals surface area contributed by atoms with E-state index in [1.807, 2.05) is 0 Å². The summed E-state index contributed by atoms with van der Waals surface area (Å²) in [6.45, 7) is 6.47. The summed E-state index contributed by atoms with van der Waals surface area (Å²) in [6.07, 6.45) is 64.3. The summed E-state index contributed by atoms with van der Waals surface area (Å²) in [7, 11) is 0. The van der Waals surface area contributed by atoms with Crippen LogP contribution < -0.4 is 0 Å². The molecule has 0 aliphatic carbocycles. The molecule has 6 heteroatoms. The van der Waals surface area contributed by atoms with E-state index in [-0.39, 0.29) is 31.1 Å². The second kappa shape index (κ2) is 53.0. The van der Waals surface area contributed by atoms with Crippen molar-refractivity contribution in [3.63, 3.8) is 0 Å². The van der Waals surface area contributed by atoms with Crippen molar-refractivity contribution in [1.29, 1.82) is 0 Å². The van der Waals surface area contributed by atoms with Gasteiger partial charge in [-0.15, -0.1) is 0 Å². The lowest BCUT2D eigenvalue weighted by Gasteiger charge is -2.18. The molecule has 0 rings (SSSR count). The highest BCUT2D eigenvalue weighted by atomic mass is 16.6. The summed E-state index contributed by atoms with van der Waals surface area (Å²) >= 11 is 0. The lowest BCUT2D eigenvalue weighted by atomic mass is 10.0. The zero-order valence-electron chi connectivity index (χ0n) is 42.6. The number of esters is 3. The first-order valence-corrected chi connectivity index (χ1v) is 27.6. The highest BCUT2D eigenvalue weighted by molar-refractivity contribution is 5.71. The molecule has 6 nitrogen and oxygen atoms in total. The lowest BCUT2D eigenvalue weighted by Crippen LogP contribution is -2.30. The number of carbonyl (C=O) groups excluding carboxylic acids is 3. The number of carbonyl (C=O) groups is 3. The fraction of sp³-hybridized carbons (Fsp3) is 0.810. The summed E-state index contributed by atoms with van der Waals surface area (Å²) in [5.74, 6) is -0.883. The molecule has 0 fully saturated rings. The van der Waals surface area contributed by atoms with Crippen LogP contribution >= 0.6 is 0 Å². The van der Waals surface area contributed by atoms with Crippen molar-refractivity contribution in [2.45, 2.75) is 290 Å². The summed E-state index contributed by atoms with van der Waals surface area (Å²) in [4.78, 5) is 37.8. The van der Waals surface area contributed by atoms with Crippen LogP contribution in [0.15, 0.2) is 48.6 Å². The molecule has 1 unspecified atom stereocenters. The van der Waals surface area contributed by atoms with Gasteiger partial charge in [-0.2, -0.15) is 0 Å². The Morgan fingerprint density at radius 3 is 0.953 bits per heavy atom. The average Bonchev–Trinajstić information content (AvgIpc) is 3.29. The van der Waals surface area contributed by atoms with E-state index in [4.69, 9.17) is 14.2 Å². The number of allylic oxidation sites excluding steroid dienone is 8. The van der Waals surface area contributed by atoms with E-state index >= 15 is 0 Å². The third kappa shape index (κ3) is 50.4. The third-order valence-electron chi connectivity index (χ3n) is 12.1. The molecular formula is C58H104O6. The maximum atomic E-state index is 12.8. The fourth-order valence-electron chi connectivity index (χ4n) is 7.96. The minimum absolute atomic E-state index is 0.0739. The Balaban J connectivity index is 4.11. The van der Waals surface area contributed by atoms with Gasteiger partial charge in [0.1, 0.15) is 13.2 Å². The van der Waals surface area contributed by atoms with Crippen molar-refractivity contribution in [2.75, 3.05) is 13.2 Å². The molecule has 0 heterocycles. The van der Waals surface area contributed by atoms with Gasteiger partial charge >= 0.3 is 17.9 Å². The van der Waals surface area contributed by atoms with Gasteiger partial charge < -0.3 is 14.2 Å². The first kappa shape index (κ1) is 61.4. The molecule has 0 aromatic rings. The normalized spacial score (nSPS) is 12.4. The zero-order chi connectivity index (χ0) is 46.5. The van der Waals surface area contributed by atoms with Crippen molar-refractivity contribution >= 4 is 17.9 Å². The van der Waals surface area contributed by atoms with Crippen molar-refractivity contribution < 1.29 is 28.6 Å². The maximum Gasteiger partial charge on any atom is 0.306 e. The molecule has 0 aromatic heterocycles. The standard InChI is InChI=1S/C58H104O6/c1-4-7-10-13-15-17-19-21-23-25-27-29-31-32-34-36-38-40-42-45-48-51-57(60)63-54-55(53-62-56(59)50-47-44-12-9-6-3)64-58(61)52-49-46-43-41-39-37-35-33-30-28-26-24-22-20-18-16-14-11-8-5-2/h7,10,15,17,21,23,27,29,55H,4-6,8-9,11-14,16,18-20,22,24-26,28,30-54H2,1-3H3/b10-7-,17-15-,23-21-,29-27-. The zero-order valence-corrected chi connectivity index (χ0v) is 42.6. The lowest BCUT2D eigenvalue weighted by molar-refractivity contribution is -0.167. The molecule has 0 saturated carbocycles. The van der Waals surface area contributed by atoms with Gasteiger partial charge in [0.05, 0.1) is 0 Å². The van der Waals surface area contributed by atoms with Gasteiger partial charge in [0.15, 0.2) is 6.10 Å². The highest BCUT2D eigenvalue weighted by Gasteiger charge is 2.19. The molecule has 0 radical (unpaired) electrons. The quantitative estimate of drug-likeness (QED) is 0.0262. The second-order valence-corrected chi connectivity index (χ2v) is 18.5. The summed E-state index contributed by atoms with van der Waals surface area (Å²) in [5, 5.41) is 0. The molecule has 1 atom stereocenters. The Labute approximate surface area is 397 Å². The molecule has 0 saturated heterocycles. The van der Waals surface area contributed by atoms with Crippen molar-refractivity contribution in [1.82, 2.24) is 0 Å². The van der Waals surface area contributed by atoms with Crippen LogP contribution in [-0.2, 0) is 28.6 Å². The SMILES string of the molecule is CC/C=C\C/C=C\C/C=C\C/C=C\CCCCCCCCCCC(=O)OCC(COC(=O)CCCCCCC)OC(=O)CCCCCCCCCCCCCCCCCCCCCC. The van der Waals surface area contributed by atoms with Crippen LogP contribution in [0.2, 0.25) is 0 Å². The Morgan fingerprint density at radius 2 is 0.609 bits per heavy atom. The number of hydrogen-bond donors (Lipinski definition) is 0. The Kier molecular flexibility index (Phi) is 50.8. The molecular weight excluding hydrogens is 793 g/mol. The van der Waals surface area contributed by atoms with Crippen LogP contribution in [0.5, 0.6) is 0 Å². The summed E-state index contributed by atoms with van der Waals surface area (Å²) in [5.41, 5.74) is 0.